The molecule has 0 aromatic rings. The first-order valence-electron chi connectivity index (χ1n) is 1.25. The van der Waals surface area contributed by atoms with E-state index < -0.39 is 17.2 Å². The Morgan fingerprint density at radius 2 is 1.29 bits per heavy atom. The van der Waals surface area contributed by atoms with E-state index in [1.807, 2.05) is 0 Å². The zero-order valence-electron chi connectivity index (χ0n) is 3.35. The van der Waals surface area contributed by atoms with E-state index in [-0.39, 0.29) is 0 Å². The normalized spacial score (nSPS) is 12.9. The molecule has 0 bridgehead atoms. The molecule has 0 amide bonds. The summed E-state index contributed by atoms with van der Waals surface area (Å²) >= 11 is 0. The van der Waals surface area contributed by atoms with Gasteiger partial charge in [-0.3, -0.25) is 10.3 Å². The van der Waals surface area contributed by atoms with E-state index in [0.717, 1.165) is 0 Å². The number of nitrogens with two attached hydrogens (primary N) is 2. The largest absolute Gasteiger partial charge is 0.327 e. The van der Waals surface area contributed by atoms with Crippen LogP contribution in [0.25, 0.3) is 0 Å². The zero-order valence-corrected chi connectivity index (χ0v) is 5.06. The van der Waals surface area contributed by atoms with Gasteiger partial charge in [-0.15, -0.1) is 0 Å². The quantitative estimate of drug-likeness (QED) is 0.254. The summed E-state index contributed by atoms with van der Waals surface area (Å²) in [7, 11) is -1.66. The lowest BCUT2D eigenvalue weighted by Gasteiger charge is -2.02. The zero-order chi connectivity index (χ0) is 6.08. The van der Waals surface area contributed by atoms with Crippen LogP contribution in [0.1, 0.15) is 0 Å². The van der Waals surface area contributed by atoms with Crippen molar-refractivity contribution in [2.45, 2.75) is 0 Å². The third-order valence-corrected chi connectivity index (χ3v) is 2.55. The van der Waals surface area contributed by atoms with Crippen LogP contribution in [-0.2, 0) is 10.4 Å². The maximum atomic E-state index is 8.08. The fraction of sp³-hybridized carbons (Fsp3) is 0. The first kappa shape index (κ1) is 7.58. The highest BCUT2D eigenvalue weighted by atomic mass is 32.5. The van der Waals surface area contributed by atoms with E-state index in [1.54, 1.807) is 0 Å². The van der Waals surface area contributed by atoms with Gasteiger partial charge >= 0.3 is 6.72 Å². The summed E-state index contributed by atoms with van der Waals surface area (Å²) in [6.45, 7) is -3.90. The smallest absolute Gasteiger partial charge is 0.304 e. The standard InChI is InChI=1S/H7N2O3PS/c1-7(2)6(3,4)5/h3-5H,1-2H2. The second kappa shape index (κ2) is 2.23. The Bertz CT molecular complexity index is 102. The van der Waals surface area contributed by atoms with Crippen LogP contribution in [-0.4, -0.2) is 14.7 Å². The van der Waals surface area contributed by atoms with Crippen molar-refractivity contribution in [1.82, 2.24) is 0 Å². The molecule has 0 atom stereocenters. The number of hydrogen-bond acceptors (Lipinski definition) is 0. The van der Waals surface area contributed by atoms with Crippen LogP contribution >= 0.6 is 6.72 Å². The van der Waals surface area contributed by atoms with Crippen LogP contribution in [0.3, 0.4) is 0 Å². The van der Waals surface area contributed by atoms with Gasteiger partial charge in [0.05, 0.1) is 0 Å². The summed E-state index contributed by atoms with van der Waals surface area (Å²) in [4.78, 5) is 24.2. The Labute approximate surface area is 43.0 Å². The van der Waals surface area contributed by atoms with Gasteiger partial charge in [-0.05, 0) is 0 Å². The van der Waals surface area contributed by atoms with Gasteiger partial charge in [0.15, 0.2) is 0 Å². The molecule has 0 aliphatic rings. The fourth-order valence-electron chi connectivity index (χ4n) is 0. The highest BCUT2D eigenvalue weighted by molar-refractivity contribution is 8.24. The summed E-state index contributed by atoms with van der Waals surface area (Å²) in [6, 6.07) is 0. The van der Waals surface area contributed by atoms with Crippen molar-refractivity contribution in [3.63, 3.8) is 0 Å². The van der Waals surface area contributed by atoms with Crippen molar-refractivity contribution in [2.24, 2.45) is 10.3 Å². The first-order chi connectivity index (χ1) is 2.94. The molecule has 0 saturated carbocycles. The lowest BCUT2D eigenvalue weighted by molar-refractivity contribution is 0.362. The third kappa shape index (κ3) is 3.19. The average molecular weight is 146 g/mol. The molecule has 0 aliphatic heterocycles. The van der Waals surface area contributed by atoms with E-state index in [2.05, 4.69) is 10.3 Å². The van der Waals surface area contributed by atoms with E-state index in [9.17, 15) is 0 Å². The SMILES string of the molecule is NS(N)=P(O)(O)O. The fourth-order valence-corrected chi connectivity index (χ4v) is 0. The molecule has 0 aromatic heterocycles. The molecule has 0 aromatic carbocycles. The van der Waals surface area contributed by atoms with Gasteiger partial charge in [0.25, 0.3) is 0 Å². The van der Waals surface area contributed by atoms with Crippen LogP contribution in [0.2, 0.25) is 0 Å². The van der Waals surface area contributed by atoms with Crippen molar-refractivity contribution in [3.8, 4) is 0 Å². The average Bonchev–Trinajstić information content (AvgIpc) is 1.31. The first-order valence-corrected chi connectivity index (χ1v) is 4.86. The minimum Gasteiger partial charge on any atom is -0.327 e. The maximum Gasteiger partial charge on any atom is 0.304 e. The van der Waals surface area contributed by atoms with Gasteiger partial charge < -0.3 is 14.7 Å². The Kier molecular flexibility index (Phi) is 2.42. The van der Waals surface area contributed by atoms with Crippen molar-refractivity contribution in [1.29, 1.82) is 0 Å². The van der Waals surface area contributed by atoms with Gasteiger partial charge in [0.1, 0.15) is 0 Å². The van der Waals surface area contributed by atoms with Crippen molar-refractivity contribution in [2.75, 3.05) is 0 Å². The summed E-state index contributed by atoms with van der Waals surface area (Å²) < 4.78 is 0. The summed E-state index contributed by atoms with van der Waals surface area (Å²) in [5, 5.41) is 9.35. The van der Waals surface area contributed by atoms with Crippen LogP contribution in [0.4, 0.5) is 0 Å². The van der Waals surface area contributed by atoms with Crippen LogP contribution in [0.5, 0.6) is 0 Å². The molecule has 0 radical (unpaired) electrons. The van der Waals surface area contributed by atoms with Crippen molar-refractivity contribution < 1.29 is 14.7 Å². The van der Waals surface area contributed by atoms with Crippen molar-refractivity contribution in [3.05, 3.63) is 0 Å². The van der Waals surface area contributed by atoms with Gasteiger partial charge in [-0.2, -0.15) is 0 Å². The Hall–Kier alpha value is 0.580. The van der Waals surface area contributed by atoms with Crippen LogP contribution < -0.4 is 10.3 Å². The molecule has 7 heavy (non-hydrogen) atoms. The second-order valence-corrected chi connectivity index (χ2v) is 5.32. The second-order valence-electron chi connectivity index (χ2n) is 0.860. The molecule has 46 valence electrons. The molecule has 0 spiro atoms. The number of rotatable bonds is 0. The monoisotopic (exact) mass is 146 g/mol. The molecular weight excluding hydrogens is 139 g/mol. The molecule has 5 nitrogen and oxygen atoms in total. The van der Waals surface area contributed by atoms with Crippen LogP contribution in [0.15, 0.2) is 0 Å². The molecule has 0 rings (SSSR count). The lowest BCUT2D eigenvalue weighted by atomic mass is 13.9. The molecule has 0 fully saturated rings. The Morgan fingerprint density at radius 1 is 1.14 bits per heavy atom. The van der Waals surface area contributed by atoms with Gasteiger partial charge in [-0.1, -0.05) is 0 Å². The molecule has 0 unspecified atom stereocenters. The molecule has 7 N–H and O–H groups in total. The Balaban J connectivity index is 4.28. The summed E-state index contributed by atoms with van der Waals surface area (Å²) in [6.07, 6.45) is 0. The van der Waals surface area contributed by atoms with Gasteiger partial charge in [0.2, 0.25) is 0 Å². The van der Waals surface area contributed by atoms with Gasteiger partial charge in [0, 0.05) is 10.4 Å². The predicted molar refractivity (Wildman–Crippen MR) is 29.3 cm³/mol. The lowest BCUT2D eigenvalue weighted by Crippen LogP contribution is -2.14. The summed E-state index contributed by atoms with van der Waals surface area (Å²) in [5.74, 6) is 0. The molecule has 0 saturated heterocycles. The minimum absolute atomic E-state index is 1.66. The minimum atomic E-state index is -3.90. The molecule has 7 heteroatoms. The van der Waals surface area contributed by atoms with E-state index >= 15 is 0 Å². The molecule has 0 aliphatic carbocycles. The maximum absolute atomic E-state index is 8.08. The molecular formula is H7N2O3PS. The molecule has 0 heterocycles. The Morgan fingerprint density at radius 3 is 1.29 bits per heavy atom. The van der Waals surface area contributed by atoms with Gasteiger partial charge in [-0.25, -0.2) is 0 Å². The van der Waals surface area contributed by atoms with Crippen LogP contribution in [0, 0.1) is 0 Å². The predicted octanol–water partition coefficient (Wildman–Crippen LogP) is -1.99. The van der Waals surface area contributed by atoms with E-state index in [0.29, 0.717) is 0 Å². The van der Waals surface area contributed by atoms with Crippen molar-refractivity contribution >= 4 is 17.2 Å². The topological polar surface area (TPSA) is 113 Å². The number of hydrogen-bond donors (Lipinski definition) is 5. The van der Waals surface area contributed by atoms with E-state index in [4.69, 9.17) is 14.7 Å². The third-order valence-electron chi connectivity index (χ3n) is 0.283. The van der Waals surface area contributed by atoms with E-state index in [1.165, 1.54) is 0 Å². The summed E-state index contributed by atoms with van der Waals surface area (Å²) in [5.41, 5.74) is 0. The highest BCUT2D eigenvalue weighted by Crippen LogP contribution is 2.31. The highest BCUT2D eigenvalue weighted by Gasteiger charge is 2.03.